The van der Waals surface area contributed by atoms with Crippen LogP contribution in [0, 0.1) is 24.1 Å². The van der Waals surface area contributed by atoms with Crippen molar-refractivity contribution in [2.45, 2.75) is 32.4 Å². The van der Waals surface area contributed by atoms with Crippen LogP contribution in [-0.4, -0.2) is 62.7 Å². The first-order chi connectivity index (χ1) is 18.3. The lowest BCUT2D eigenvalue weighted by molar-refractivity contribution is -0.130. The molecule has 0 radical (unpaired) electrons. The van der Waals surface area contributed by atoms with Crippen LogP contribution in [0.15, 0.2) is 48.8 Å². The molecule has 2 N–H and O–H groups in total. The van der Waals surface area contributed by atoms with Gasteiger partial charge in [-0.2, -0.15) is 5.26 Å². The molecule has 0 saturated carbocycles. The van der Waals surface area contributed by atoms with Crippen molar-refractivity contribution >= 4 is 35.0 Å². The number of anilines is 3. The van der Waals surface area contributed by atoms with E-state index in [9.17, 15) is 19.6 Å². The molecule has 1 fully saturated rings. The second-order valence-electron chi connectivity index (χ2n) is 9.30. The second-order valence-corrected chi connectivity index (χ2v) is 9.30. The highest BCUT2D eigenvalue weighted by molar-refractivity contribution is 6.21. The average molecular weight is 514 g/mol. The third kappa shape index (κ3) is 4.52. The molecule has 0 bridgehead atoms. The molecule has 11 heteroatoms. The number of likely N-dealkylation sites (tertiary alicyclic amines) is 1. The van der Waals surface area contributed by atoms with E-state index in [-0.39, 0.29) is 40.8 Å². The Bertz CT molecular complexity index is 1470. The molecule has 2 atom stereocenters. The Labute approximate surface area is 218 Å². The summed E-state index contributed by atoms with van der Waals surface area (Å²) in [7, 11) is 0. The van der Waals surface area contributed by atoms with Crippen molar-refractivity contribution in [1.82, 2.24) is 19.8 Å². The number of piperidine rings is 1. The van der Waals surface area contributed by atoms with E-state index >= 15 is 4.39 Å². The molecule has 1 aromatic carbocycles. The fourth-order valence-electron chi connectivity index (χ4n) is 4.86. The first-order valence-corrected chi connectivity index (χ1v) is 12.0. The van der Waals surface area contributed by atoms with Crippen LogP contribution < -0.4 is 10.6 Å². The number of nitriles is 1. The number of nitrogens with zero attached hydrogens (tertiary/aromatic N) is 5. The Morgan fingerprint density at radius 3 is 2.47 bits per heavy atom. The van der Waals surface area contributed by atoms with Gasteiger partial charge in [-0.3, -0.25) is 24.3 Å². The molecule has 4 heterocycles. The van der Waals surface area contributed by atoms with Gasteiger partial charge in [0.05, 0.1) is 40.7 Å². The zero-order valence-electron chi connectivity index (χ0n) is 20.7. The topological polar surface area (TPSA) is 131 Å². The number of carbonyl (C=O) groups is 3. The number of amides is 3. The van der Waals surface area contributed by atoms with Gasteiger partial charge in [-0.05, 0) is 43.2 Å². The highest BCUT2D eigenvalue weighted by atomic mass is 19.1. The van der Waals surface area contributed by atoms with Crippen molar-refractivity contribution in [2.24, 2.45) is 0 Å². The van der Waals surface area contributed by atoms with Crippen LogP contribution in [0.25, 0.3) is 0 Å². The Kier molecular flexibility index (Phi) is 6.46. The van der Waals surface area contributed by atoms with Crippen molar-refractivity contribution in [1.29, 1.82) is 5.26 Å². The zero-order chi connectivity index (χ0) is 27.0. The van der Waals surface area contributed by atoms with Gasteiger partial charge in [0.2, 0.25) is 5.91 Å². The predicted octanol–water partition coefficient (Wildman–Crippen LogP) is 3.24. The van der Waals surface area contributed by atoms with Gasteiger partial charge in [0, 0.05) is 26.2 Å². The Morgan fingerprint density at radius 2 is 1.84 bits per heavy atom. The summed E-state index contributed by atoms with van der Waals surface area (Å²) in [5, 5.41) is 15.6. The normalized spacial score (nSPS) is 18.7. The number of halogens is 1. The lowest BCUT2D eigenvalue weighted by Crippen LogP contribution is -2.60. The molecule has 38 heavy (non-hydrogen) atoms. The van der Waals surface area contributed by atoms with Crippen LogP contribution in [0.1, 0.15) is 45.2 Å². The number of hydrogen-bond donors (Lipinski definition) is 2. The number of carbonyl (C=O) groups excluding carboxylic acids is 3. The monoisotopic (exact) mass is 513 g/mol. The molecule has 2 aromatic heterocycles. The molecule has 2 aliphatic heterocycles. The quantitative estimate of drug-likeness (QED) is 0.497. The minimum Gasteiger partial charge on any atom is -0.363 e. The predicted molar refractivity (Wildman–Crippen MR) is 136 cm³/mol. The number of pyridine rings is 2. The van der Waals surface area contributed by atoms with Gasteiger partial charge in [0.25, 0.3) is 11.8 Å². The molecule has 0 aliphatic carbocycles. The molecule has 3 amide bonds. The highest BCUT2D eigenvalue weighted by Crippen LogP contribution is 2.31. The van der Waals surface area contributed by atoms with Crippen molar-refractivity contribution < 1.29 is 18.8 Å². The summed E-state index contributed by atoms with van der Waals surface area (Å²) in [5.74, 6) is -1.89. The molecular formula is C27H24FN7O3. The summed E-state index contributed by atoms with van der Waals surface area (Å²) in [6.45, 7) is 3.73. The van der Waals surface area contributed by atoms with Gasteiger partial charge in [-0.25, -0.2) is 9.37 Å². The third-order valence-corrected chi connectivity index (χ3v) is 6.74. The number of nitrogens with one attached hydrogen (secondary N) is 2. The first kappa shape index (κ1) is 24.8. The minimum absolute atomic E-state index is 0.00199. The Morgan fingerprint density at radius 1 is 1.13 bits per heavy atom. The van der Waals surface area contributed by atoms with Gasteiger partial charge in [0.15, 0.2) is 17.5 Å². The average Bonchev–Trinajstić information content (AvgIpc) is 3.15. The molecule has 3 aromatic rings. The number of aryl methyl sites for hydroxylation is 1. The standard InChI is InChI=1S/C27H24FN7O3/c1-15-9-18(13-30-12-15)31-24-17(11-29)10-21(28)25(33-24)32-22-7-8-34(16(2)36)14-23(22)35-26(37)19-5-3-4-6-20(19)27(35)38/h3-6,9-10,12-13,22-23H,7-8,14H2,1-2H3,(H2,31,32,33). The zero-order valence-corrected chi connectivity index (χ0v) is 20.7. The fourth-order valence-corrected chi connectivity index (χ4v) is 4.86. The van der Waals surface area contributed by atoms with E-state index < -0.39 is 29.7 Å². The Hall–Kier alpha value is -4.85. The maximum Gasteiger partial charge on any atom is 0.261 e. The van der Waals surface area contributed by atoms with Crippen molar-refractivity contribution in [2.75, 3.05) is 23.7 Å². The first-order valence-electron chi connectivity index (χ1n) is 12.0. The smallest absolute Gasteiger partial charge is 0.261 e. The van der Waals surface area contributed by atoms with Gasteiger partial charge in [-0.1, -0.05) is 12.1 Å². The van der Waals surface area contributed by atoms with Crippen LogP contribution >= 0.6 is 0 Å². The molecule has 5 rings (SSSR count). The van der Waals surface area contributed by atoms with Gasteiger partial charge < -0.3 is 15.5 Å². The largest absolute Gasteiger partial charge is 0.363 e. The van der Waals surface area contributed by atoms with E-state index in [1.54, 1.807) is 41.6 Å². The summed E-state index contributed by atoms with van der Waals surface area (Å²) in [6, 6.07) is 9.99. The SMILES string of the molecule is CC(=O)N1CCC(Nc2nc(Nc3cncc(C)c3)c(C#N)cc2F)C(N2C(=O)c3ccccc3C2=O)C1. The number of hydrogen-bond acceptors (Lipinski definition) is 8. The molecule has 2 unspecified atom stereocenters. The molecule has 2 aliphatic rings. The molecule has 0 spiro atoms. The fraction of sp³-hybridized carbons (Fsp3) is 0.259. The maximum atomic E-state index is 15.1. The number of fused-ring (bicyclic) bond motifs is 1. The van der Waals surface area contributed by atoms with Crippen LogP contribution in [0.4, 0.5) is 21.7 Å². The number of imide groups is 1. The van der Waals surface area contributed by atoms with E-state index in [1.807, 2.05) is 19.1 Å². The van der Waals surface area contributed by atoms with E-state index in [2.05, 4.69) is 20.6 Å². The second kappa shape index (κ2) is 9.89. The Balaban J connectivity index is 1.48. The molecular weight excluding hydrogens is 489 g/mol. The van der Waals surface area contributed by atoms with E-state index in [4.69, 9.17) is 0 Å². The highest BCUT2D eigenvalue weighted by Gasteiger charge is 2.45. The summed E-state index contributed by atoms with van der Waals surface area (Å²) in [6.07, 6.45) is 3.57. The lowest BCUT2D eigenvalue weighted by atomic mass is 9.97. The third-order valence-electron chi connectivity index (χ3n) is 6.74. The van der Waals surface area contributed by atoms with E-state index in [0.717, 1.165) is 16.5 Å². The van der Waals surface area contributed by atoms with E-state index in [1.165, 1.54) is 6.92 Å². The molecule has 192 valence electrons. The van der Waals surface area contributed by atoms with Crippen molar-refractivity contribution in [3.63, 3.8) is 0 Å². The summed E-state index contributed by atoms with van der Waals surface area (Å²) in [4.78, 5) is 49.8. The molecule has 1 saturated heterocycles. The number of aromatic nitrogens is 2. The van der Waals surface area contributed by atoms with Crippen molar-refractivity contribution in [3.8, 4) is 6.07 Å². The van der Waals surface area contributed by atoms with Crippen LogP contribution in [0.5, 0.6) is 0 Å². The van der Waals surface area contributed by atoms with Gasteiger partial charge in [-0.15, -0.1) is 0 Å². The summed E-state index contributed by atoms with van der Waals surface area (Å²) >= 11 is 0. The maximum absolute atomic E-state index is 15.1. The number of benzene rings is 1. The van der Waals surface area contributed by atoms with Crippen LogP contribution in [-0.2, 0) is 4.79 Å². The lowest BCUT2D eigenvalue weighted by Gasteiger charge is -2.42. The van der Waals surface area contributed by atoms with Crippen LogP contribution in [0.3, 0.4) is 0 Å². The minimum atomic E-state index is -0.769. The molecule has 10 nitrogen and oxygen atoms in total. The number of rotatable bonds is 5. The summed E-state index contributed by atoms with van der Waals surface area (Å²) < 4.78 is 15.1. The van der Waals surface area contributed by atoms with Crippen molar-refractivity contribution in [3.05, 3.63) is 76.9 Å². The van der Waals surface area contributed by atoms with Gasteiger partial charge >= 0.3 is 0 Å². The van der Waals surface area contributed by atoms with Gasteiger partial charge in [0.1, 0.15) is 6.07 Å². The van der Waals surface area contributed by atoms with Crippen LogP contribution in [0.2, 0.25) is 0 Å². The summed E-state index contributed by atoms with van der Waals surface area (Å²) in [5.41, 5.74) is 2.03. The van der Waals surface area contributed by atoms with E-state index in [0.29, 0.717) is 18.7 Å².